The first-order chi connectivity index (χ1) is 8.46. The summed E-state index contributed by atoms with van der Waals surface area (Å²) in [6.07, 6.45) is -4.50. The second-order valence-corrected chi connectivity index (χ2v) is 6.46. The summed E-state index contributed by atoms with van der Waals surface area (Å²) in [5.74, 6) is -1.03. The molecule has 0 aromatic carbocycles. The molecule has 0 amide bonds. The van der Waals surface area contributed by atoms with Gasteiger partial charge < -0.3 is 5.11 Å². The number of carbonyl (C=O) groups is 1. The summed E-state index contributed by atoms with van der Waals surface area (Å²) in [6.45, 7) is -0.379. The molecule has 1 aliphatic rings. The Morgan fingerprint density at radius 2 is 1.84 bits per heavy atom. The maximum atomic E-state index is 12.0. The van der Waals surface area contributed by atoms with Crippen LogP contribution in [0.5, 0.6) is 0 Å². The Bertz CT molecular complexity index is 441. The van der Waals surface area contributed by atoms with Crippen molar-refractivity contribution in [1.82, 2.24) is 9.03 Å². The summed E-state index contributed by atoms with van der Waals surface area (Å²) in [7, 11) is -4.22. The smallest absolute Gasteiger partial charge is 0.402 e. The van der Waals surface area contributed by atoms with Gasteiger partial charge in [-0.2, -0.15) is 30.6 Å². The Labute approximate surface area is 108 Å². The number of nitrogens with zero attached hydrogens (tertiary/aromatic N) is 1. The van der Waals surface area contributed by atoms with Crippen molar-refractivity contribution in [2.24, 2.45) is 5.41 Å². The lowest BCUT2D eigenvalue weighted by Gasteiger charge is -2.35. The van der Waals surface area contributed by atoms with Crippen molar-refractivity contribution in [2.45, 2.75) is 25.9 Å². The predicted octanol–water partition coefficient (Wildman–Crippen LogP) is 0.570. The minimum atomic E-state index is -4.63. The molecule has 0 saturated carbocycles. The zero-order valence-corrected chi connectivity index (χ0v) is 11.0. The molecule has 1 heterocycles. The summed E-state index contributed by atoms with van der Waals surface area (Å²) < 4.78 is 61.3. The van der Waals surface area contributed by atoms with Crippen LogP contribution in [0.2, 0.25) is 0 Å². The van der Waals surface area contributed by atoms with E-state index in [0.29, 0.717) is 0 Å². The van der Waals surface area contributed by atoms with Crippen LogP contribution in [-0.4, -0.2) is 49.6 Å². The standard InChI is InChI=1S/C9H15F3N2O4S/c1-8(7(15)16)2-4-14(5-3-8)19(17,18)13-6-9(10,11)12/h13H,2-6H2,1H3,(H,15,16). The minimum absolute atomic E-state index is 0.0647. The van der Waals surface area contributed by atoms with Crippen molar-refractivity contribution in [1.29, 1.82) is 0 Å². The van der Waals surface area contributed by atoms with Crippen molar-refractivity contribution >= 4 is 16.2 Å². The SMILES string of the molecule is CC1(C(=O)O)CCN(S(=O)(=O)NCC(F)(F)F)CC1. The van der Waals surface area contributed by atoms with Gasteiger partial charge in [0, 0.05) is 13.1 Å². The first-order valence-corrected chi connectivity index (χ1v) is 6.95. The van der Waals surface area contributed by atoms with Crippen LogP contribution in [0.15, 0.2) is 0 Å². The third-order valence-corrected chi connectivity index (χ3v) is 4.69. The minimum Gasteiger partial charge on any atom is -0.481 e. The van der Waals surface area contributed by atoms with Crippen molar-refractivity contribution in [2.75, 3.05) is 19.6 Å². The van der Waals surface area contributed by atoms with E-state index in [4.69, 9.17) is 5.11 Å². The number of rotatable bonds is 4. The average molecular weight is 304 g/mol. The van der Waals surface area contributed by atoms with Crippen LogP contribution < -0.4 is 4.72 Å². The molecule has 0 aliphatic carbocycles. The highest BCUT2D eigenvalue weighted by atomic mass is 32.2. The highest BCUT2D eigenvalue weighted by Gasteiger charge is 2.40. The molecule has 1 saturated heterocycles. The van der Waals surface area contributed by atoms with Gasteiger partial charge in [0.1, 0.15) is 6.54 Å². The van der Waals surface area contributed by atoms with E-state index in [-0.39, 0.29) is 25.9 Å². The van der Waals surface area contributed by atoms with Gasteiger partial charge in [0.2, 0.25) is 0 Å². The van der Waals surface area contributed by atoms with Gasteiger partial charge in [0.05, 0.1) is 5.41 Å². The molecule has 6 nitrogen and oxygen atoms in total. The number of aliphatic carboxylic acids is 1. The Morgan fingerprint density at radius 1 is 1.37 bits per heavy atom. The lowest BCUT2D eigenvalue weighted by Crippen LogP contribution is -2.50. The van der Waals surface area contributed by atoms with E-state index in [2.05, 4.69) is 0 Å². The fraction of sp³-hybridized carbons (Fsp3) is 0.889. The molecule has 0 aromatic rings. The maximum Gasteiger partial charge on any atom is 0.402 e. The van der Waals surface area contributed by atoms with Crippen molar-refractivity contribution < 1.29 is 31.5 Å². The van der Waals surface area contributed by atoms with Crippen LogP contribution in [0.3, 0.4) is 0 Å². The number of hydrogen-bond donors (Lipinski definition) is 2. The summed E-state index contributed by atoms with van der Waals surface area (Å²) in [5.41, 5.74) is -1.03. The van der Waals surface area contributed by atoms with Gasteiger partial charge in [-0.3, -0.25) is 4.79 Å². The van der Waals surface area contributed by atoms with E-state index in [0.717, 1.165) is 4.31 Å². The van der Waals surface area contributed by atoms with Crippen LogP contribution in [-0.2, 0) is 15.0 Å². The number of alkyl halides is 3. The average Bonchev–Trinajstić information content (AvgIpc) is 2.26. The molecule has 0 spiro atoms. The summed E-state index contributed by atoms with van der Waals surface area (Å²) >= 11 is 0. The zero-order chi connectivity index (χ0) is 14.9. The van der Waals surface area contributed by atoms with Crippen LogP contribution >= 0.6 is 0 Å². The Balaban J connectivity index is 2.62. The lowest BCUT2D eigenvalue weighted by molar-refractivity contribution is -0.150. The third kappa shape index (κ3) is 4.32. The topological polar surface area (TPSA) is 86.7 Å². The third-order valence-electron chi connectivity index (χ3n) is 3.14. The summed E-state index contributed by atoms with van der Waals surface area (Å²) in [6, 6.07) is 0. The van der Waals surface area contributed by atoms with Gasteiger partial charge in [-0.1, -0.05) is 0 Å². The number of nitrogens with one attached hydrogen (secondary N) is 1. The van der Waals surface area contributed by atoms with E-state index < -0.39 is 34.3 Å². The molecule has 0 atom stereocenters. The fourth-order valence-corrected chi connectivity index (χ4v) is 2.89. The Hall–Kier alpha value is -0.870. The maximum absolute atomic E-state index is 12.0. The normalized spacial score (nSPS) is 21.3. The fourth-order valence-electron chi connectivity index (χ4n) is 1.70. The van der Waals surface area contributed by atoms with Crippen LogP contribution in [0.25, 0.3) is 0 Å². The summed E-state index contributed by atoms with van der Waals surface area (Å²) in [5, 5.41) is 8.96. The molecule has 112 valence electrons. The molecule has 2 N–H and O–H groups in total. The highest BCUT2D eigenvalue weighted by molar-refractivity contribution is 7.87. The first-order valence-electron chi connectivity index (χ1n) is 5.51. The van der Waals surface area contributed by atoms with Crippen LogP contribution in [0, 0.1) is 5.41 Å². The van der Waals surface area contributed by atoms with E-state index in [1.54, 1.807) is 0 Å². The van der Waals surface area contributed by atoms with Gasteiger partial charge in [-0.25, -0.2) is 0 Å². The van der Waals surface area contributed by atoms with Crippen LogP contribution in [0.1, 0.15) is 19.8 Å². The van der Waals surface area contributed by atoms with Crippen molar-refractivity contribution in [3.8, 4) is 0 Å². The van der Waals surface area contributed by atoms with Crippen molar-refractivity contribution in [3.63, 3.8) is 0 Å². The molecule has 1 rings (SSSR count). The molecular formula is C9H15F3N2O4S. The molecule has 0 aromatic heterocycles. The highest BCUT2D eigenvalue weighted by Crippen LogP contribution is 2.31. The molecule has 19 heavy (non-hydrogen) atoms. The lowest BCUT2D eigenvalue weighted by atomic mass is 9.81. The molecule has 0 radical (unpaired) electrons. The molecular weight excluding hydrogens is 289 g/mol. The van der Waals surface area contributed by atoms with Gasteiger partial charge in [0.25, 0.3) is 10.2 Å². The number of hydrogen-bond acceptors (Lipinski definition) is 3. The van der Waals surface area contributed by atoms with E-state index >= 15 is 0 Å². The number of piperidine rings is 1. The van der Waals surface area contributed by atoms with Gasteiger partial charge in [0.15, 0.2) is 0 Å². The number of halogens is 3. The van der Waals surface area contributed by atoms with Gasteiger partial charge >= 0.3 is 12.1 Å². The molecule has 0 bridgehead atoms. The molecule has 10 heteroatoms. The Kier molecular flexibility index (Phi) is 4.47. The zero-order valence-electron chi connectivity index (χ0n) is 10.2. The van der Waals surface area contributed by atoms with Crippen molar-refractivity contribution in [3.05, 3.63) is 0 Å². The molecule has 1 aliphatic heterocycles. The summed E-state index contributed by atoms with van der Waals surface area (Å²) in [4.78, 5) is 11.0. The predicted molar refractivity (Wildman–Crippen MR) is 59.5 cm³/mol. The van der Waals surface area contributed by atoms with E-state index in [9.17, 15) is 26.4 Å². The second-order valence-electron chi connectivity index (χ2n) is 4.71. The first kappa shape index (κ1) is 16.2. The second kappa shape index (κ2) is 5.25. The number of carboxylic acids is 1. The van der Waals surface area contributed by atoms with Crippen LogP contribution in [0.4, 0.5) is 13.2 Å². The van der Waals surface area contributed by atoms with E-state index in [1.165, 1.54) is 11.6 Å². The molecule has 0 unspecified atom stereocenters. The van der Waals surface area contributed by atoms with Gasteiger partial charge in [-0.15, -0.1) is 0 Å². The number of carboxylic acid groups (broad SMARTS) is 1. The largest absolute Gasteiger partial charge is 0.481 e. The van der Waals surface area contributed by atoms with E-state index in [1.807, 2.05) is 0 Å². The quantitative estimate of drug-likeness (QED) is 0.795. The van der Waals surface area contributed by atoms with Gasteiger partial charge in [-0.05, 0) is 19.8 Å². The monoisotopic (exact) mass is 304 g/mol. The molecule has 1 fully saturated rings. The Morgan fingerprint density at radius 3 is 2.21 bits per heavy atom.